The molecule has 1 aromatic heterocycles. The first-order valence-corrected chi connectivity index (χ1v) is 9.75. The van der Waals surface area contributed by atoms with E-state index in [9.17, 15) is 4.79 Å². The van der Waals surface area contributed by atoms with Gasteiger partial charge in [0.15, 0.2) is 0 Å². The van der Waals surface area contributed by atoms with E-state index < -0.39 is 0 Å². The molecular weight excluding hydrogens is 399 g/mol. The maximum atomic E-state index is 12.6. The number of carbonyl (C=O) groups excluding carboxylic acids is 1. The van der Waals surface area contributed by atoms with Crippen LogP contribution in [-0.2, 0) is 0 Å². The predicted octanol–water partition coefficient (Wildman–Crippen LogP) is 4.44. The van der Waals surface area contributed by atoms with E-state index in [1.165, 1.54) is 12.4 Å². The van der Waals surface area contributed by atoms with Crippen molar-refractivity contribution < 1.29 is 9.53 Å². The molecule has 3 rings (SSSR count). The minimum atomic E-state index is -0.291. The second-order valence-corrected chi connectivity index (χ2v) is 8.92. The summed E-state index contributed by atoms with van der Waals surface area (Å²) in [5.41, 5.74) is 0.632. The van der Waals surface area contributed by atoms with Crippen LogP contribution >= 0.6 is 23.2 Å². The Kier molecular flexibility index (Phi) is 5.47. The number of nitrogens with zero attached hydrogens (tertiary/aromatic N) is 2. The fourth-order valence-corrected chi connectivity index (χ4v) is 4.71. The van der Waals surface area contributed by atoms with Crippen molar-refractivity contribution >= 4 is 34.8 Å². The lowest BCUT2D eigenvalue weighted by molar-refractivity contribution is -0.164. The molecule has 0 saturated heterocycles. The molecule has 1 aliphatic carbocycles. The summed E-state index contributed by atoms with van der Waals surface area (Å²) in [6.07, 6.45) is 2.73. The summed E-state index contributed by atoms with van der Waals surface area (Å²) in [7, 11) is 1.82. The average molecular weight is 423 g/mol. The van der Waals surface area contributed by atoms with E-state index in [4.69, 9.17) is 27.9 Å². The summed E-state index contributed by atoms with van der Waals surface area (Å²) >= 11 is 12.0. The molecule has 6 nitrogen and oxygen atoms in total. The Hall–Kier alpha value is -2.05. The van der Waals surface area contributed by atoms with Crippen LogP contribution in [0.25, 0.3) is 0 Å². The summed E-state index contributed by atoms with van der Waals surface area (Å²) in [4.78, 5) is 20.4. The van der Waals surface area contributed by atoms with Crippen molar-refractivity contribution in [3.8, 4) is 5.75 Å². The van der Waals surface area contributed by atoms with Gasteiger partial charge in [0.1, 0.15) is 11.9 Å². The highest BCUT2D eigenvalue weighted by Gasteiger charge is 2.64. The molecule has 2 aromatic rings. The third-order valence-corrected chi connectivity index (χ3v) is 5.97. The van der Waals surface area contributed by atoms with Gasteiger partial charge in [0.2, 0.25) is 5.28 Å². The maximum absolute atomic E-state index is 12.6. The first kappa shape index (κ1) is 20.7. The first-order valence-electron chi connectivity index (χ1n) is 8.99. The minimum Gasteiger partial charge on any atom is -0.489 e. The summed E-state index contributed by atoms with van der Waals surface area (Å²) < 4.78 is 6.29. The van der Waals surface area contributed by atoms with Gasteiger partial charge in [0.05, 0.1) is 16.3 Å². The average Bonchev–Trinajstić information content (AvgIpc) is 2.64. The normalized spacial score (nSPS) is 22.1. The molecule has 0 unspecified atom stereocenters. The van der Waals surface area contributed by atoms with Gasteiger partial charge in [-0.2, -0.15) is 0 Å². The fraction of sp³-hybridized carbons (Fsp3) is 0.450. The summed E-state index contributed by atoms with van der Waals surface area (Å²) in [5.74, 6) is 0.466. The third kappa shape index (κ3) is 3.63. The molecule has 0 bridgehead atoms. The number of halogens is 2. The number of hydrogen-bond donors (Lipinski definition) is 2. The van der Waals surface area contributed by atoms with Gasteiger partial charge in [0, 0.05) is 42.4 Å². The molecule has 1 aliphatic rings. The lowest BCUT2D eigenvalue weighted by Crippen LogP contribution is -2.74. The monoisotopic (exact) mass is 422 g/mol. The van der Waals surface area contributed by atoms with E-state index in [0.717, 1.165) is 5.69 Å². The van der Waals surface area contributed by atoms with Crippen molar-refractivity contribution in [2.45, 2.75) is 39.8 Å². The van der Waals surface area contributed by atoms with Crippen LogP contribution in [0.5, 0.6) is 5.75 Å². The van der Waals surface area contributed by atoms with Crippen molar-refractivity contribution in [3.63, 3.8) is 0 Å². The molecule has 0 spiro atoms. The molecule has 1 amide bonds. The Bertz CT molecular complexity index is 868. The number of rotatable bonds is 5. The quantitative estimate of drug-likeness (QED) is 0.696. The van der Waals surface area contributed by atoms with Gasteiger partial charge in [-0.15, -0.1) is 0 Å². The van der Waals surface area contributed by atoms with Crippen molar-refractivity contribution in [2.75, 3.05) is 12.4 Å². The van der Waals surface area contributed by atoms with Crippen LogP contribution in [0.2, 0.25) is 10.3 Å². The van der Waals surface area contributed by atoms with E-state index >= 15 is 0 Å². The largest absolute Gasteiger partial charge is 0.489 e. The molecule has 0 aliphatic heterocycles. The molecule has 1 saturated carbocycles. The number of hydrogen-bond acceptors (Lipinski definition) is 5. The standard InChI is InChI=1S/C20H24Cl2N4O2/c1-19(2)16(26-15(27)11-9-24-18(22)25-10-11)20(3,4)17(19)28-12-6-7-14(23-5)13(21)8-12/h6-10,16-17,23H,1-5H3,(H,26,27)/t16-,17-. The van der Waals surface area contributed by atoms with Gasteiger partial charge < -0.3 is 15.4 Å². The Morgan fingerprint density at radius 2 is 1.71 bits per heavy atom. The highest BCUT2D eigenvalue weighted by Crippen LogP contribution is 2.55. The zero-order valence-corrected chi connectivity index (χ0v) is 18.0. The van der Waals surface area contributed by atoms with E-state index in [1.807, 2.05) is 19.2 Å². The lowest BCUT2D eigenvalue weighted by atomic mass is 9.49. The van der Waals surface area contributed by atoms with Crippen LogP contribution in [-0.4, -0.2) is 35.1 Å². The van der Waals surface area contributed by atoms with Crippen molar-refractivity contribution in [1.29, 1.82) is 0 Å². The van der Waals surface area contributed by atoms with Gasteiger partial charge in [-0.3, -0.25) is 4.79 Å². The summed E-state index contributed by atoms with van der Waals surface area (Å²) in [5, 5.41) is 6.84. The van der Waals surface area contributed by atoms with Crippen LogP contribution in [0.15, 0.2) is 30.6 Å². The zero-order valence-electron chi connectivity index (χ0n) is 16.5. The van der Waals surface area contributed by atoms with Crippen LogP contribution < -0.4 is 15.4 Å². The number of benzene rings is 1. The number of carbonyl (C=O) groups is 1. The van der Waals surface area contributed by atoms with E-state index in [0.29, 0.717) is 16.3 Å². The third-order valence-electron chi connectivity index (χ3n) is 5.46. The van der Waals surface area contributed by atoms with Crippen LogP contribution in [0.3, 0.4) is 0 Å². The molecule has 1 fully saturated rings. The number of nitrogens with one attached hydrogen (secondary N) is 2. The van der Waals surface area contributed by atoms with Crippen molar-refractivity contribution in [3.05, 3.63) is 46.5 Å². The highest BCUT2D eigenvalue weighted by atomic mass is 35.5. The Labute approximate surface area is 175 Å². The smallest absolute Gasteiger partial charge is 0.254 e. The van der Waals surface area contributed by atoms with Crippen molar-refractivity contribution in [2.24, 2.45) is 10.8 Å². The van der Waals surface area contributed by atoms with Crippen LogP contribution in [0.4, 0.5) is 5.69 Å². The molecule has 2 N–H and O–H groups in total. The summed E-state index contributed by atoms with van der Waals surface area (Å²) in [6, 6.07) is 5.48. The second-order valence-electron chi connectivity index (χ2n) is 8.18. The molecule has 28 heavy (non-hydrogen) atoms. The van der Waals surface area contributed by atoms with E-state index in [1.54, 1.807) is 6.07 Å². The number of anilines is 1. The SMILES string of the molecule is CNc1ccc(O[C@H]2C(C)(C)[C@H](NC(=O)c3cnc(Cl)nc3)C2(C)C)cc1Cl. The molecule has 1 aromatic carbocycles. The molecule has 0 atom stereocenters. The fourth-order valence-electron chi connectivity index (χ4n) is 4.35. The highest BCUT2D eigenvalue weighted by molar-refractivity contribution is 6.33. The Morgan fingerprint density at radius 1 is 1.11 bits per heavy atom. The Morgan fingerprint density at radius 3 is 2.25 bits per heavy atom. The zero-order chi connectivity index (χ0) is 20.7. The van der Waals surface area contributed by atoms with Crippen molar-refractivity contribution in [1.82, 2.24) is 15.3 Å². The topological polar surface area (TPSA) is 76.1 Å². The minimum absolute atomic E-state index is 0.0970. The number of aromatic nitrogens is 2. The molecule has 8 heteroatoms. The maximum Gasteiger partial charge on any atom is 0.254 e. The van der Waals surface area contributed by atoms with Gasteiger partial charge in [-0.05, 0) is 23.7 Å². The van der Waals surface area contributed by atoms with Gasteiger partial charge >= 0.3 is 0 Å². The summed E-state index contributed by atoms with van der Waals surface area (Å²) in [6.45, 7) is 8.32. The van der Waals surface area contributed by atoms with Gasteiger partial charge in [-0.25, -0.2) is 9.97 Å². The molecule has 0 radical (unpaired) electrons. The molecular formula is C20H24Cl2N4O2. The number of ether oxygens (including phenoxy) is 1. The first-order chi connectivity index (χ1) is 13.1. The van der Waals surface area contributed by atoms with E-state index in [2.05, 4.69) is 48.3 Å². The number of amides is 1. The van der Waals surface area contributed by atoms with Gasteiger partial charge in [-0.1, -0.05) is 39.3 Å². The Balaban J connectivity index is 1.75. The molecule has 1 heterocycles. The molecule has 150 valence electrons. The van der Waals surface area contributed by atoms with Crippen LogP contribution in [0.1, 0.15) is 38.1 Å². The lowest BCUT2D eigenvalue weighted by Gasteiger charge is -2.63. The second kappa shape index (κ2) is 7.41. The van der Waals surface area contributed by atoms with E-state index in [-0.39, 0.29) is 34.2 Å². The van der Waals surface area contributed by atoms with Crippen LogP contribution in [0, 0.1) is 10.8 Å². The predicted molar refractivity (Wildman–Crippen MR) is 111 cm³/mol. The van der Waals surface area contributed by atoms with Gasteiger partial charge in [0.25, 0.3) is 5.91 Å².